The summed E-state index contributed by atoms with van der Waals surface area (Å²) >= 11 is 3.24. The first-order valence-corrected chi connectivity index (χ1v) is 7.93. The number of halogens is 2. The van der Waals surface area contributed by atoms with E-state index in [1.54, 1.807) is 6.07 Å². The van der Waals surface area contributed by atoms with Crippen LogP contribution in [0.2, 0.25) is 0 Å². The second kappa shape index (κ2) is 5.90. The molecule has 1 aliphatic heterocycles. The van der Waals surface area contributed by atoms with Crippen molar-refractivity contribution in [2.75, 3.05) is 26.2 Å². The summed E-state index contributed by atoms with van der Waals surface area (Å²) in [6.07, 6.45) is 3.88. The lowest BCUT2D eigenvalue weighted by molar-refractivity contribution is 0.160. The average Bonchev–Trinajstić information content (AvgIpc) is 3.24. The van der Waals surface area contributed by atoms with E-state index in [9.17, 15) is 4.39 Å². The highest BCUT2D eigenvalue weighted by atomic mass is 79.9. The predicted octanol–water partition coefficient (Wildman–Crippen LogP) is 3.33. The Kier molecular flexibility index (Phi) is 4.20. The van der Waals surface area contributed by atoms with Crippen LogP contribution in [0.1, 0.15) is 30.9 Å². The van der Waals surface area contributed by atoms with Gasteiger partial charge in [0.25, 0.3) is 0 Å². The van der Waals surface area contributed by atoms with Gasteiger partial charge in [-0.05, 0) is 46.0 Å². The zero-order valence-electron chi connectivity index (χ0n) is 11.0. The lowest BCUT2D eigenvalue weighted by Crippen LogP contribution is -2.45. The highest BCUT2D eigenvalue weighted by Crippen LogP contribution is 2.40. The molecule has 4 heteroatoms. The van der Waals surface area contributed by atoms with Crippen LogP contribution in [0.4, 0.5) is 4.39 Å². The molecule has 3 rings (SSSR count). The first kappa shape index (κ1) is 13.5. The summed E-state index contributed by atoms with van der Waals surface area (Å²) in [5, 5.41) is 3.39. The molecule has 1 heterocycles. The Bertz CT molecular complexity index is 442. The van der Waals surface area contributed by atoms with Crippen molar-refractivity contribution in [2.24, 2.45) is 5.92 Å². The fraction of sp³-hybridized carbons (Fsp3) is 0.600. The lowest BCUT2D eigenvalue weighted by atomic mass is 9.98. The Morgan fingerprint density at radius 3 is 2.68 bits per heavy atom. The Labute approximate surface area is 122 Å². The van der Waals surface area contributed by atoms with Crippen LogP contribution in [0.5, 0.6) is 0 Å². The first-order valence-electron chi connectivity index (χ1n) is 7.14. The largest absolute Gasteiger partial charge is 0.314 e. The highest BCUT2D eigenvalue weighted by Gasteiger charge is 2.30. The maximum atomic E-state index is 13.8. The van der Waals surface area contributed by atoms with Crippen LogP contribution < -0.4 is 5.32 Å². The molecule has 1 aliphatic carbocycles. The van der Waals surface area contributed by atoms with Crippen LogP contribution in [-0.2, 0) is 0 Å². The van der Waals surface area contributed by atoms with Gasteiger partial charge < -0.3 is 5.32 Å². The van der Waals surface area contributed by atoms with Gasteiger partial charge in [-0.1, -0.05) is 18.9 Å². The van der Waals surface area contributed by atoms with Crippen molar-refractivity contribution in [2.45, 2.75) is 25.3 Å². The Morgan fingerprint density at radius 1 is 1.32 bits per heavy atom. The minimum absolute atomic E-state index is 0.145. The standard InChI is InChI=1S/C15H20BrFN2/c16-13-4-3-12(10-14(13)17)15(9-11-1-2-11)19-7-5-18-6-8-19/h3-4,10-11,15,18H,1-2,5-9H2/t15-/m0/s1. The fourth-order valence-electron chi connectivity index (χ4n) is 2.88. The average molecular weight is 327 g/mol. The van der Waals surface area contributed by atoms with Gasteiger partial charge in [-0.15, -0.1) is 0 Å². The van der Waals surface area contributed by atoms with Gasteiger partial charge in [0.05, 0.1) is 4.47 Å². The van der Waals surface area contributed by atoms with E-state index in [1.807, 2.05) is 6.07 Å². The van der Waals surface area contributed by atoms with Crippen LogP contribution in [0.15, 0.2) is 22.7 Å². The van der Waals surface area contributed by atoms with Crippen LogP contribution in [0.25, 0.3) is 0 Å². The molecule has 0 unspecified atom stereocenters. The second-order valence-electron chi connectivity index (χ2n) is 5.65. The monoisotopic (exact) mass is 326 g/mol. The molecule has 1 aromatic rings. The molecule has 2 nitrogen and oxygen atoms in total. The number of rotatable bonds is 4. The van der Waals surface area contributed by atoms with Crippen molar-refractivity contribution in [3.8, 4) is 0 Å². The van der Waals surface area contributed by atoms with Crippen molar-refractivity contribution in [3.63, 3.8) is 0 Å². The third-order valence-corrected chi connectivity index (χ3v) is 4.82. The second-order valence-corrected chi connectivity index (χ2v) is 6.51. The summed E-state index contributed by atoms with van der Waals surface area (Å²) in [7, 11) is 0. The molecule has 0 bridgehead atoms. The lowest BCUT2D eigenvalue weighted by Gasteiger charge is -2.35. The molecule has 1 aromatic carbocycles. The summed E-state index contributed by atoms with van der Waals surface area (Å²) in [5.41, 5.74) is 1.13. The van der Waals surface area contributed by atoms with Gasteiger partial charge in [-0.3, -0.25) is 4.90 Å². The summed E-state index contributed by atoms with van der Waals surface area (Å²) in [6.45, 7) is 4.21. The van der Waals surface area contributed by atoms with Gasteiger partial charge in [0.2, 0.25) is 0 Å². The normalized spacial score (nSPS) is 22.4. The zero-order valence-corrected chi connectivity index (χ0v) is 12.6. The van der Waals surface area contributed by atoms with Crippen molar-refractivity contribution in [3.05, 3.63) is 34.1 Å². The van der Waals surface area contributed by atoms with Crippen molar-refractivity contribution >= 4 is 15.9 Å². The molecular weight excluding hydrogens is 307 g/mol. The highest BCUT2D eigenvalue weighted by molar-refractivity contribution is 9.10. The van der Waals surface area contributed by atoms with Gasteiger partial charge in [-0.2, -0.15) is 0 Å². The number of hydrogen-bond acceptors (Lipinski definition) is 2. The molecule has 19 heavy (non-hydrogen) atoms. The van der Waals surface area contributed by atoms with Gasteiger partial charge >= 0.3 is 0 Å². The van der Waals surface area contributed by atoms with Gasteiger partial charge in [0, 0.05) is 32.2 Å². The third kappa shape index (κ3) is 3.36. The van der Waals surface area contributed by atoms with Crippen LogP contribution >= 0.6 is 15.9 Å². The topological polar surface area (TPSA) is 15.3 Å². The molecule has 1 atom stereocenters. The van der Waals surface area contributed by atoms with E-state index in [0.29, 0.717) is 10.5 Å². The molecule has 2 fully saturated rings. The molecule has 0 amide bonds. The van der Waals surface area contributed by atoms with Crippen molar-refractivity contribution < 1.29 is 4.39 Å². The minimum Gasteiger partial charge on any atom is -0.314 e. The fourth-order valence-corrected chi connectivity index (χ4v) is 3.13. The number of benzene rings is 1. The predicted molar refractivity (Wildman–Crippen MR) is 78.6 cm³/mol. The number of nitrogens with zero attached hydrogens (tertiary/aromatic N) is 1. The van der Waals surface area contributed by atoms with E-state index >= 15 is 0 Å². The summed E-state index contributed by atoms with van der Waals surface area (Å²) < 4.78 is 14.3. The zero-order chi connectivity index (χ0) is 13.2. The number of nitrogens with one attached hydrogen (secondary N) is 1. The molecule has 2 aliphatic rings. The maximum Gasteiger partial charge on any atom is 0.137 e. The van der Waals surface area contributed by atoms with Crippen molar-refractivity contribution in [1.82, 2.24) is 10.2 Å². The molecular formula is C15H20BrFN2. The van der Waals surface area contributed by atoms with Crippen LogP contribution in [-0.4, -0.2) is 31.1 Å². The Balaban J connectivity index is 1.81. The molecule has 0 aromatic heterocycles. The van der Waals surface area contributed by atoms with Gasteiger partial charge in [0.1, 0.15) is 5.82 Å². The quantitative estimate of drug-likeness (QED) is 0.912. The van der Waals surface area contributed by atoms with Crippen LogP contribution in [0, 0.1) is 11.7 Å². The van der Waals surface area contributed by atoms with Gasteiger partial charge in [-0.25, -0.2) is 4.39 Å². The Hall–Kier alpha value is -0.450. The number of piperazine rings is 1. The molecule has 0 radical (unpaired) electrons. The van der Waals surface area contributed by atoms with E-state index in [0.717, 1.165) is 37.7 Å². The number of hydrogen-bond donors (Lipinski definition) is 1. The smallest absolute Gasteiger partial charge is 0.137 e. The maximum absolute atomic E-state index is 13.8. The van der Waals surface area contributed by atoms with Crippen molar-refractivity contribution in [1.29, 1.82) is 0 Å². The summed E-state index contributed by atoms with van der Waals surface area (Å²) in [5.74, 6) is 0.708. The first-order chi connectivity index (χ1) is 9.24. The Morgan fingerprint density at radius 2 is 2.05 bits per heavy atom. The van der Waals surface area contributed by atoms with Crippen LogP contribution in [0.3, 0.4) is 0 Å². The SMILES string of the molecule is Fc1cc([C@H](CC2CC2)N2CCNCC2)ccc1Br. The summed E-state index contributed by atoms with van der Waals surface area (Å²) in [4.78, 5) is 2.51. The summed E-state index contributed by atoms with van der Waals surface area (Å²) in [6, 6.07) is 6.01. The molecule has 1 saturated heterocycles. The van der Waals surface area contributed by atoms with E-state index in [-0.39, 0.29) is 5.82 Å². The minimum atomic E-state index is -0.145. The molecule has 0 spiro atoms. The van der Waals surface area contributed by atoms with Gasteiger partial charge in [0.15, 0.2) is 0 Å². The molecule has 104 valence electrons. The van der Waals surface area contributed by atoms with E-state index in [4.69, 9.17) is 0 Å². The van der Waals surface area contributed by atoms with E-state index in [2.05, 4.69) is 32.2 Å². The molecule has 1 saturated carbocycles. The molecule has 1 N–H and O–H groups in total. The van der Waals surface area contributed by atoms with E-state index < -0.39 is 0 Å². The van der Waals surface area contributed by atoms with E-state index in [1.165, 1.54) is 19.3 Å². The third-order valence-electron chi connectivity index (χ3n) is 4.17.